The molecule has 1 aromatic carbocycles. The molecule has 0 radical (unpaired) electrons. The van der Waals surface area contributed by atoms with E-state index in [0.717, 1.165) is 0 Å². The highest BCUT2D eigenvalue weighted by atomic mass is 16.2. The zero-order valence-corrected chi connectivity index (χ0v) is 7.63. The van der Waals surface area contributed by atoms with Gasteiger partial charge in [0, 0.05) is 5.69 Å². The summed E-state index contributed by atoms with van der Waals surface area (Å²) in [5.74, 6) is 4.91. The van der Waals surface area contributed by atoms with E-state index in [1.54, 1.807) is 18.2 Å². The number of rotatable bonds is 1. The molecule has 0 aliphatic carbocycles. The number of carbonyl (C=O) groups is 1. The maximum absolute atomic E-state index is 10.9. The van der Waals surface area contributed by atoms with Crippen LogP contribution in [0.4, 0.5) is 10.5 Å². The van der Waals surface area contributed by atoms with E-state index < -0.39 is 6.03 Å². The number of hydrogen-bond acceptors (Lipinski definition) is 3. The SMILES string of the molecule is NNC(=O)Nc1ccc2[nH]c(=O)[nH]c2c1. The summed E-state index contributed by atoms with van der Waals surface area (Å²) in [6.07, 6.45) is 0. The van der Waals surface area contributed by atoms with Crippen molar-refractivity contribution in [2.24, 2.45) is 5.84 Å². The highest BCUT2D eigenvalue weighted by Crippen LogP contribution is 2.13. The molecule has 7 heteroatoms. The second-order valence-corrected chi connectivity index (χ2v) is 2.94. The fourth-order valence-electron chi connectivity index (χ4n) is 1.28. The first-order chi connectivity index (χ1) is 7.19. The zero-order chi connectivity index (χ0) is 10.8. The van der Waals surface area contributed by atoms with E-state index >= 15 is 0 Å². The van der Waals surface area contributed by atoms with E-state index in [4.69, 9.17) is 5.84 Å². The number of nitrogens with two attached hydrogens (primary N) is 1. The van der Waals surface area contributed by atoms with Crippen LogP contribution in [0.2, 0.25) is 0 Å². The molecule has 1 heterocycles. The van der Waals surface area contributed by atoms with E-state index in [0.29, 0.717) is 16.7 Å². The average molecular weight is 207 g/mol. The highest BCUT2D eigenvalue weighted by Gasteiger charge is 2.02. The minimum atomic E-state index is -0.521. The molecular formula is C8H9N5O2. The molecule has 2 rings (SSSR count). The maximum Gasteiger partial charge on any atom is 0.333 e. The van der Waals surface area contributed by atoms with Crippen LogP contribution in [-0.2, 0) is 0 Å². The van der Waals surface area contributed by atoms with E-state index in [9.17, 15) is 9.59 Å². The monoisotopic (exact) mass is 207 g/mol. The Morgan fingerprint density at radius 3 is 2.73 bits per heavy atom. The number of H-pyrrole nitrogens is 2. The minimum Gasteiger partial charge on any atom is -0.307 e. The molecule has 0 spiro atoms. The number of hydrazine groups is 1. The van der Waals surface area contributed by atoms with Gasteiger partial charge in [-0.1, -0.05) is 0 Å². The van der Waals surface area contributed by atoms with Crippen molar-refractivity contribution in [1.82, 2.24) is 15.4 Å². The Labute approximate surface area is 83.6 Å². The van der Waals surface area contributed by atoms with Crippen LogP contribution in [0.3, 0.4) is 0 Å². The van der Waals surface area contributed by atoms with Gasteiger partial charge in [-0.05, 0) is 18.2 Å². The van der Waals surface area contributed by atoms with Crippen LogP contribution >= 0.6 is 0 Å². The molecule has 15 heavy (non-hydrogen) atoms. The summed E-state index contributed by atoms with van der Waals surface area (Å²) in [7, 11) is 0. The van der Waals surface area contributed by atoms with Crippen LogP contribution in [0.15, 0.2) is 23.0 Å². The Hall–Kier alpha value is -2.28. The van der Waals surface area contributed by atoms with Crippen molar-refractivity contribution in [3.8, 4) is 0 Å². The topological polar surface area (TPSA) is 116 Å². The van der Waals surface area contributed by atoms with E-state index in [-0.39, 0.29) is 5.69 Å². The Bertz CT molecular complexity index is 555. The third-order valence-electron chi connectivity index (χ3n) is 1.90. The third kappa shape index (κ3) is 1.81. The number of aromatic nitrogens is 2. The van der Waals surface area contributed by atoms with Crippen LogP contribution in [0.5, 0.6) is 0 Å². The predicted octanol–water partition coefficient (Wildman–Crippen LogP) is -0.149. The summed E-state index contributed by atoms with van der Waals surface area (Å²) in [6.45, 7) is 0. The molecule has 2 aromatic rings. The predicted molar refractivity (Wildman–Crippen MR) is 55.3 cm³/mol. The number of hydrogen-bond donors (Lipinski definition) is 5. The molecule has 2 amide bonds. The number of aromatic amines is 2. The summed E-state index contributed by atoms with van der Waals surface area (Å²) in [5.41, 5.74) is 3.49. The number of fused-ring (bicyclic) bond motifs is 1. The molecule has 1 aromatic heterocycles. The standard InChI is InChI=1S/C8H9N5O2/c9-13-8(15)10-4-1-2-5-6(3-4)12-7(14)11-5/h1-3H,9H2,(H2,10,13,15)(H2,11,12,14). The van der Waals surface area contributed by atoms with Crippen molar-refractivity contribution in [3.63, 3.8) is 0 Å². The van der Waals surface area contributed by atoms with Crippen molar-refractivity contribution in [1.29, 1.82) is 0 Å². The number of carbonyl (C=O) groups excluding carboxylic acids is 1. The van der Waals surface area contributed by atoms with Gasteiger partial charge in [0.1, 0.15) is 0 Å². The lowest BCUT2D eigenvalue weighted by Gasteiger charge is -2.03. The van der Waals surface area contributed by atoms with Crippen LogP contribution in [0, 0.1) is 0 Å². The summed E-state index contributed by atoms with van der Waals surface area (Å²) < 4.78 is 0. The van der Waals surface area contributed by atoms with Crippen molar-refractivity contribution >= 4 is 22.8 Å². The molecule has 78 valence electrons. The van der Waals surface area contributed by atoms with E-state index in [1.807, 2.05) is 5.43 Å². The first-order valence-corrected chi connectivity index (χ1v) is 4.18. The molecule has 0 saturated heterocycles. The Morgan fingerprint density at radius 2 is 2.00 bits per heavy atom. The average Bonchev–Trinajstić information content (AvgIpc) is 2.57. The first kappa shape index (κ1) is 9.28. The fourth-order valence-corrected chi connectivity index (χ4v) is 1.28. The molecule has 7 nitrogen and oxygen atoms in total. The van der Waals surface area contributed by atoms with Gasteiger partial charge in [0.2, 0.25) is 0 Å². The largest absolute Gasteiger partial charge is 0.333 e. The van der Waals surface area contributed by atoms with Crippen molar-refractivity contribution in [2.45, 2.75) is 0 Å². The van der Waals surface area contributed by atoms with Crippen LogP contribution in [-0.4, -0.2) is 16.0 Å². The van der Waals surface area contributed by atoms with Gasteiger partial charge in [-0.2, -0.15) is 0 Å². The molecule has 0 saturated carbocycles. The number of urea groups is 1. The van der Waals surface area contributed by atoms with Gasteiger partial charge in [-0.25, -0.2) is 15.4 Å². The zero-order valence-electron chi connectivity index (χ0n) is 7.63. The second kappa shape index (κ2) is 3.46. The van der Waals surface area contributed by atoms with Gasteiger partial charge < -0.3 is 15.3 Å². The highest BCUT2D eigenvalue weighted by molar-refractivity contribution is 5.91. The number of nitrogens with one attached hydrogen (secondary N) is 4. The number of benzene rings is 1. The summed E-state index contributed by atoms with van der Waals surface area (Å²) in [6, 6.07) is 4.44. The lowest BCUT2D eigenvalue weighted by Crippen LogP contribution is -2.34. The summed E-state index contributed by atoms with van der Waals surface area (Å²) >= 11 is 0. The van der Waals surface area contributed by atoms with Gasteiger partial charge in [0.15, 0.2) is 0 Å². The van der Waals surface area contributed by atoms with Gasteiger partial charge in [-0.15, -0.1) is 0 Å². The quantitative estimate of drug-likeness (QED) is 0.254. The lowest BCUT2D eigenvalue weighted by molar-refractivity contribution is 0.252. The van der Waals surface area contributed by atoms with Gasteiger partial charge >= 0.3 is 11.7 Å². The Kier molecular flexibility index (Phi) is 2.14. The van der Waals surface area contributed by atoms with Gasteiger partial charge in [0.25, 0.3) is 0 Å². The molecule has 0 aliphatic rings. The van der Waals surface area contributed by atoms with Crippen LogP contribution < -0.4 is 22.3 Å². The van der Waals surface area contributed by atoms with Crippen molar-refractivity contribution < 1.29 is 4.79 Å². The smallest absolute Gasteiger partial charge is 0.307 e. The molecule has 0 fully saturated rings. The minimum absolute atomic E-state index is 0.287. The Morgan fingerprint density at radius 1 is 1.27 bits per heavy atom. The fraction of sp³-hybridized carbons (Fsp3) is 0. The number of amides is 2. The molecule has 0 aliphatic heterocycles. The summed E-state index contributed by atoms with van der Waals surface area (Å²) in [4.78, 5) is 27.0. The molecule has 0 unspecified atom stereocenters. The van der Waals surface area contributed by atoms with Crippen LogP contribution in [0.25, 0.3) is 11.0 Å². The maximum atomic E-state index is 10.9. The van der Waals surface area contributed by atoms with E-state index in [1.165, 1.54) is 0 Å². The molecule has 0 atom stereocenters. The van der Waals surface area contributed by atoms with Crippen LogP contribution in [0.1, 0.15) is 0 Å². The van der Waals surface area contributed by atoms with Gasteiger partial charge in [-0.3, -0.25) is 5.43 Å². The second-order valence-electron chi connectivity index (χ2n) is 2.94. The lowest BCUT2D eigenvalue weighted by atomic mass is 10.3. The van der Waals surface area contributed by atoms with Crippen molar-refractivity contribution in [3.05, 3.63) is 28.7 Å². The molecule has 6 N–H and O–H groups in total. The van der Waals surface area contributed by atoms with Crippen molar-refractivity contribution in [2.75, 3.05) is 5.32 Å². The third-order valence-corrected chi connectivity index (χ3v) is 1.90. The number of anilines is 1. The van der Waals surface area contributed by atoms with E-state index in [2.05, 4.69) is 15.3 Å². The number of imidazole rings is 1. The first-order valence-electron chi connectivity index (χ1n) is 4.18. The molecule has 0 bridgehead atoms. The molecular weight excluding hydrogens is 198 g/mol. The summed E-state index contributed by atoms with van der Waals surface area (Å²) in [5, 5.41) is 2.48. The Balaban J connectivity index is 2.38. The normalized spacial score (nSPS) is 10.2. The van der Waals surface area contributed by atoms with Gasteiger partial charge in [0.05, 0.1) is 11.0 Å².